The van der Waals surface area contributed by atoms with Crippen LogP contribution in [0.1, 0.15) is 16.9 Å². The van der Waals surface area contributed by atoms with E-state index in [0.29, 0.717) is 0 Å². The van der Waals surface area contributed by atoms with Crippen molar-refractivity contribution in [2.24, 2.45) is 5.92 Å². The van der Waals surface area contributed by atoms with E-state index in [1.165, 1.54) is 10.3 Å². The lowest BCUT2D eigenvalue weighted by Gasteiger charge is -2.11. The third-order valence-corrected chi connectivity index (χ3v) is 3.28. The number of amides is 1. The van der Waals surface area contributed by atoms with Crippen LogP contribution in [0.15, 0.2) is 5.38 Å². The molecular formula is C9H8N2O5S. The second-order valence-corrected chi connectivity index (χ2v) is 4.40. The number of hydrogen-bond acceptors (Lipinski definition) is 5. The molecule has 0 spiro atoms. The number of aromatic nitrogens is 1. The molecule has 90 valence electrons. The Morgan fingerprint density at radius 3 is 2.65 bits per heavy atom. The van der Waals surface area contributed by atoms with Crippen LogP contribution in [0.3, 0.4) is 0 Å². The highest BCUT2D eigenvalue weighted by Crippen LogP contribution is 2.28. The molecule has 1 aromatic rings. The molecule has 8 heteroatoms. The van der Waals surface area contributed by atoms with Crippen LogP contribution in [-0.2, 0) is 9.59 Å². The van der Waals surface area contributed by atoms with Crippen molar-refractivity contribution in [3.8, 4) is 0 Å². The average Bonchev–Trinajstić information content (AvgIpc) is 2.83. The molecule has 1 aromatic heterocycles. The summed E-state index contributed by atoms with van der Waals surface area (Å²) in [6.07, 6.45) is -0.0721. The van der Waals surface area contributed by atoms with Crippen LogP contribution < -0.4 is 4.90 Å². The maximum absolute atomic E-state index is 11.6. The minimum absolute atomic E-state index is 0.0424. The van der Waals surface area contributed by atoms with Crippen molar-refractivity contribution < 1.29 is 24.6 Å². The molecule has 0 saturated carbocycles. The molecule has 1 unspecified atom stereocenters. The lowest BCUT2D eigenvalue weighted by molar-refractivity contribution is -0.141. The molecule has 1 saturated heterocycles. The second kappa shape index (κ2) is 4.13. The van der Waals surface area contributed by atoms with Gasteiger partial charge in [0.15, 0.2) is 10.8 Å². The molecule has 1 amide bonds. The Morgan fingerprint density at radius 1 is 1.47 bits per heavy atom. The predicted octanol–water partition coefficient (Wildman–Crippen LogP) is 0.279. The van der Waals surface area contributed by atoms with Crippen LogP contribution in [0, 0.1) is 5.92 Å². The number of carbonyl (C=O) groups is 3. The maximum Gasteiger partial charge on any atom is 0.355 e. The summed E-state index contributed by atoms with van der Waals surface area (Å²) >= 11 is 1.01. The van der Waals surface area contributed by atoms with Gasteiger partial charge in [-0.1, -0.05) is 0 Å². The number of anilines is 1. The van der Waals surface area contributed by atoms with E-state index in [1.807, 2.05) is 0 Å². The van der Waals surface area contributed by atoms with Crippen LogP contribution in [0.4, 0.5) is 5.13 Å². The Hall–Kier alpha value is -1.96. The van der Waals surface area contributed by atoms with Gasteiger partial charge in [-0.2, -0.15) is 0 Å². The number of hydrogen-bond donors (Lipinski definition) is 2. The Morgan fingerprint density at radius 2 is 2.18 bits per heavy atom. The fourth-order valence-electron chi connectivity index (χ4n) is 1.54. The molecule has 0 aliphatic carbocycles. The van der Waals surface area contributed by atoms with Gasteiger partial charge in [0.05, 0.1) is 5.92 Å². The number of carboxylic acids is 2. The third kappa shape index (κ3) is 2.11. The van der Waals surface area contributed by atoms with E-state index in [0.717, 1.165) is 11.3 Å². The monoisotopic (exact) mass is 256 g/mol. The number of nitrogens with zero attached hydrogens (tertiary/aromatic N) is 2. The summed E-state index contributed by atoms with van der Waals surface area (Å²) in [5.74, 6) is -3.30. The molecule has 2 heterocycles. The third-order valence-electron chi connectivity index (χ3n) is 2.42. The number of carboxylic acid groups (broad SMARTS) is 2. The van der Waals surface area contributed by atoms with Crippen LogP contribution in [0.5, 0.6) is 0 Å². The van der Waals surface area contributed by atoms with E-state index >= 15 is 0 Å². The fraction of sp³-hybridized carbons (Fsp3) is 0.333. The zero-order chi connectivity index (χ0) is 12.6. The highest BCUT2D eigenvalue weighted by molar-refractivity contribution is 7.14. The molecule has 1 aliphatic rings. The average molecular weight is 256 g/mol. The number of rotatable bonds is 3. The zero-order valence-corrected chi connectivity index (χ0v) is 9.31. The second-order valence-electron chi connectivity index (χ2n) is 3.56. The normalized spacial score (nSPS) is 19.6. The Labute approximate surface area is 99.3 Å². The quantitative estimate of drug-likeness (QED) is 0.804. The van der Waals surface area contributed by atoms with E-state index in [1.54, 1.807) is 0 Å². The highest BCUT2D eigenvalue weighted by atomic mass is 32.1. The summed E-state index contributed by atoms with van der Waals surface area (Å²) in [6.45, 7) is 0.0424. The van der Waals surface area contributed by atoms with Crippen molar-refractivity contribution >= 4 is 34.3 Å². The van der Waals surface area contributed by atoms with Gasteiger partial charge in [0.25, 0.3) is 0 Å². The lowest BCUT2D eigenvalue weighted by Crippen LogP contribution is -2.25. The number of carbonyl (C=O) groups excluding carboxylic acids is 1. The van der Waals surface area contributed by atoms with Gasteiger partial charge in [-0.25, -0.2) is 9.78 Å². The first-order valence-corrected chi connectivity index (χ1v) is 5.59. The number of aromatic carboxylic acids is 1. The first-order chi connectivity index (χ1) is 7.99. The molecule has 0 aromatic carbocycles. The summed E-state index contributed by atoms with van der Waals surface area (Å²) < 4.78 is 0. The SMILES string of the molecule is O=C(O)c1csc(N2CC(C(=O)O)CC2=O)n1. The predicted molar refractivity (Wildman–Crippen MR) is 57.2 cm³/mol. The Balaban J connectivity index is 2.20. The summed E-state index contributed by atoms with van der Waals surface area (Å²) in [5.41, 5.74) is -0.142. The van der Waals surface area contributed by atoms with Crippen LogP contribution in [0.25, 0.3) is 0 Å². The summed E-state index contributed by atoms with van der Waals surface area (Å²) in [6, 6.07) is 0. The van der Waals surface area contributed by atoms with E-state index in [2.05, 4.69) is 4.98 Å². The topological polar surface area (TPSA) is 108 Å². The largest absolute Gasteiger partial charge is 0.481 e. The van der Waals surface area contributed by atoms with Crippen molar-refractivity contribution in [2.45, 2.75) is 6.42 Å². The highest BCUT2D eigenvalue weighted by Gasteiger charge is 2.36. The first kappa shape index (κ1) is 11.5. The van der Waals surface area contributed by atoms with E-state index in [-0.39, 0.29) is 29.7 Å². The van der Waals surface area contributed by atoms with Gasteiger partial charge in [-0.15, -0.1) is 11.3 Å². The minimum Gasteiger partial charge on any atom is -0.481 e. The Kier molecular flexibility index (Phi) is 2.80. The van der Waals surface area contributed by atoms with E-state index < -0.39 is 17.9 Å². The number of thiazole rings is 1. The van der Waals surface area contributed by atoms with Crippen molar-refractivity contribution in [3.63, 3.8) is 0 Å². The van der Waals surface area contributed by atoms with Gasteiger partial charge in [0, 0.05) is 18.3 Å². The Bertz CT molecular complexity index is 497. The van der Waals surface area contributed by atoms with Crippen molar-refractivity contribution in [2.75, 3.05) is 11.4 Å². The number of aliphatic carboxylic acids is 1. The van der Waals surface area contributed by atoms with Gasteiger partial charge < -0.3 is 10.2 Å². The molecule has 1 atom stereocenters. The van der Waals surface area contributed by atoms with Crippen molar-refractivity contribution in [1.82, 2.24) is 4.98 Å². The summed E-state index contributed by atoms with van der Waals surface area (Å²) in [7, 11) is 0. The van der Waals surface area contributed by atoms with Gasteiger partial charge >= 0.3 is 11.9 Å². The fourth-order valence-corrected chi connectivity index (χ4v) is 2.37. The lowest BCUT2D eigenvalue weighted by atomic mass is 10.1. The zero-order valence-electron chi connectivity index (χ0n) is 8.49. The van der Waals surface area contributed by atoms with Crippen molar-refractivity contribution in [3.05, 3.63) is 11.1 Å². The van der Waals surface area contributed by atoms with Crippen LogP contribution in [0.2, 0.25) is 0 Å². The van der Waals surface area contributed by atoms with E-state index in [9.17, 15) is 14.4 Å². The van der Waals surface area contributed by atoms with Crippen LogP contribution in [-0.4, -0.2) is 39.6 Å². The standard InChI is InChI=1S/C9H8N2O5S/c12-6-1-4(7(13)14)2-11(6)9-10-5(3-17-9)8(15)16/h3-4H,1-2H2,(H,13,14)(H,15,16). The molecule has 17 heavy (non-hydrogen) atoms. The molecular weight excluding hydrogens is 248 g/mol. The maximum atomic E-state index is 11.6. The molecule has 0 radical (unpaired) electrons. The van der Waals surface area contributed by atoms with Gasteiger partial charge in [0.2, 0.25) is 5.91 Å². The minimum atomic E-state index is -1.17. The molecule has 1 aliphatic heterocycles. The molecule has 0 bridgehead atoms. The molecule has 2 N–H and O–H groups in total. The smallest absolute Gasteiger partial charge is 0.355 e. The van der Waals surface area contributed by atoms with Crippen molar-refractivity contribution in [1.29, 1.82) is 0 Å². The van der Waals surface area contributed by atoms with Gasteiger partial charge in [-0.05, 0) is 0 Å². The van der Waals surface area contributed by atoms with Crippen LogP contribution >= 0.6 is 11.3 Å². The molecule has 1 fully saturated rings. The summed E-state index contributed by atoms with van der Waals surface area (Å²) in [4.78, 5) is 37.9. The summed E-state index contributed by atoms with van der Waals surface area (Å²) in [5, 5.41) is 19.0. The molecule has 2 rings (SSSR count). The molecule has 7 nitrogen and oxygen atoms in total. The van der Waals surface area contributed by atoms with E-state index in [4.69, 9.17) is 10.2 Å². The van der Waals surface area contributed by atoms with Gasteiger partial charge in [0.1, 0.15) is 0 Å². The van der Waals surface area contributed by atoms with Gasteiger partial charge in [-0.3, -0.25) is 14.5 Å². The first-order valence-electron chi connectivity index (χ1n) is 4.71.